The predicted molar refractivity (Wildman–Crippen MR) is 135 cm³/mol. The van der Waals surface area contributed by atoms with Crippen molar-refractivity contribution in [3.05, 3.63) is 63.4 Å². The minimum Gasteiger partial charge on any atom is -0.471 e. The number of aryl methyl sites for hydroxylation is 2. The van der Waals surface area contributed by atoms with Crippen molar-refractivity contribution in [3.63, 3.8) is 0 Å². The van der Waals surface area contributed by atoms with Crippen LogP contribution in [0, 0.1) is 13.8 Å². The van der Waals surface area contributed by atoms with Crippen LogP contribution in [0.25, 0.3) is 0 Å². The summed E-state index contributed by atoms with van der Waals surface area (Å²) in [6.45, 7) is 15.0. The van der Waals surface area contributed by atoms with E-state index < -0.39 is 0 Å². The summed E-state index contributed by atoms with van der Waals surface area (Å²) < 4.78 is 7.59. The van der Waals surface area contributed by atoms with Crippen LogP contribution in [-0.2, 0) is 18.7 Å². The molecule has 1 aliphatic rings. The molecule has 0 N–H and O–H groups in total. The van der Waals surface area contributed by atoms with Gasteiger partial charge in [0.1, 0.15) is 5.75 Å². The summed E-state index contributed by atoms with van der Waals surface area (Å²) in [6, 6.07) is 7.91. The maximum Gasteiger partial charge on any atom is 0.274 e. The van der Waals surface area contributed by atoms with E-state index in [0.717, 1.165) is 55.2 Å². The average Bonchev–Trinajstić information content (AvgIpc) is 3.40. The summed E-state index contributed by atoms with van der Waals surface area (Å²) >= 11 is 1.74. The first-order valence-corrected chi connectivity index (χ1v) is 12.8. The van der Waals surface area contributed by atoms with Crippen LogP contribution in [0.2, 0.25) is 0 Å². The van der Waals surface area contributed by atoms with E-state index in [1.807, 2.05) is 30.9 Å². The van der Waals surface area contributed by atoms with E-state index >= 15 is 0 Å². The average molecular weight is 482 g/mol. The Morgan fingerprint density at radius 1 is 1.12 bits per heavy atom. The first kappa shape index (κ1) is 24.4. The normalized spacial score (nSPS) is 15.4. The number of aromatic nitrogens is 3. The Morgan fingerprint density at radius 2 is 1.94 bits per heavy atom. The van der Waals surface area contributed by atoms with Gasteiger partial charge in [-0.3, -0.25) is 9.69 Å². The van der Waals surface area contributed by atoms with Crippen molar-refractivity contribution >= 4 is 17.2 Å². The molecule has 1 saturated heterocycles. The van der Waals surface area contributed by atoms with E-state index in [1.165, 1.54) is 5.01 Å². The molecule has 34 heavy (non-hydrogen) atoms. The number of amides is 1. The molecule has 1 aliphatic heterocycles. The van der Waals surface area contributed by atoms with Gasteiger partial charge in [-0.2, -0.15) is 5.10 Å². The van der Waals surface area contributed by atoms with Gasteiger partial charge < -0.3 is 9.64 Å². The molecule has 1 fully saturated rings. The monoisotopic (exact) mass is 481 g/mol. The second kappa shape index (κ2) is 10.3. The van der Waals surface area contributed by atoms with Crippen molar-refractivity contribution in [1.82, 2.24) is 24.6 Å². The molecule has 0 spiro atoms. The highest BCUT2D eigenvalue weighted by Crippen LogP contribution is 2.26. The molecule has 0 radical (unpaired) electrons. The van der Waals surface area contributed by atoms with Gasteiger partial charge in [0.2, 0.25) is 0 Å². The summed E-state index contributed by atoms with van der Waals surface area (Å²) in [7, 11) is 0. The van der Waals surface area contributed by atoms with E-state index in [1.54, 1.807) is 28.3 Å². The van der Waals surface area contributed by atoms with E-state index in [4.69, 9.17) is 9.72 Å². The lowest BCUT2D eigenvalue weighted by Gasteiger charge is -2.21. The molecule has 4 rings (SSSR count). The first-order chi connectivity index (χ1) is 16.2. The fourth-order valence-corrected chi connectivity index (χ4v) is 4.89. The van der Waals surface area contributed by atoms with E-state index in [9.17, 15) is 4.79 Å². The van der Waals surface area contributed by atoms with Gasteiger partial charge in [0.15, 0.2) is 12.4 Å². The number of ether oxygens (including phenoxy) is 1. The third-order valence-corrected chi connectivity index (χ3v) is 7.33. The second-order valence-corrected chi connectivity index (χ2v) is 11.0. The standard InChI is InChI=1S/C26H35N5O2S/c1-19-7-8-20(2)23(15-19)33-18-31-12-9-22(28-31)24(32)30-11-6-10-29(13-14-30)16-21-17-34-25(27-21)26(3,4)5/h7-9,12,15,17H,6,10-11,13-14,16,18H2,1-5H3. The van der Waals surface area contributed by atoms with E-state index in [-0.39, 0.29) is 18.1 Å². The topological polar surface area (TPSA) is 63.5 Å². The Bertz CT molecular complexity index is 1130. The van der Waals surface area contributed by atoms with Crippen molar-refractivity contribution < 1.29 is 9.53 Å². The molecule has 0 unspecified atom stereocenters. The number of carbonyl (C=O) groups is 1. The molecule has 1 amide bonds. The Kier molecular flexibility index (Phi) is 7.38. The zero-order chi connectivity index (χ0) is 24.3. The number of carbonyl (C=O) groups excluding carboxylic acids is 1. The lowest BCUT2D eigenvalue weighted by atomic mass is 9.98. The Labute approximate surface area is 206 Å². The number of hydrogen-bond acceptors (Lipinski definition) is 6. The van der Waals surface area contributed by atoms with Crippen molar-refractivity contribution in [2.45, 2.75) is 59.7 Å². The summed E-state index contributed by atoms with van der Waals surface area (Å²) in [5.74, 6) is 0.821. The number of rotatable bonds is 6. The van der Waals surface area contributed by atoms with Crippen LogP contribution in [0.1, 0.15) is 59.5 Å². The van der Waals surface area contributed by atoms with Crippen LogP contribution >= 0.6 is 11.3 Å². The minimum absolute atomic E-state index is 0.0176. The summed E-state index contributed by atoms with van der Waals surface area (Å²) in [5.41, 5.74) is 3.90. The van der Waals surface area contributed by atoms with Crippen molar-refractivity contribution in [2.24, 2.45) is 0 Å². The Morgan fingerprint density at radius 3 is 2.71 bits per heavy atom. The van der Waals surface area contributed by atoms with Crippen LogP contribution in [0.4, 0.5) is 0 Å². The van der Waals surface area contributed by atoms with Gasteiger partial charge in [-0.25, -0.2) is 9.67 Å². The van der Waals surface area contributed by atoms with Crippen molar-refractivity contribution in [2.75, 3.05) is 26.2 Å². The molecular formula is C26H35N5O2S. The molecule has 1 aromatic carbocycles. The molecule has 3 aromatic rings. The quantitative estimate of drug-likeness (QED) is 0.513. The number of hydrogen-bond donors (Lipinski definition) is 0. The molecule has 8 heteroatoms. The van der Waals surface area contributed by atoms with Crippen molar-refractivity contribution in [3.8, 4) is 5.75 Å². The third kappa shape index (κ3) is 6.04. The molecule has 0 aliphatic carbocycles. The van der Waals surface area contributed by atoms with Crippen LogP contribution in [0.5, 0.6) is 5.75 Å². The maximum atomic E-state index is 13.1. The van der Waals surface area contributed by atoms with Gasteiger partial charge in [0.25, 0.3) is 5.91 Å². The minimum atomic E-state index is -0.0176. The van der Waals surface area contributed by atoms with E-state index in [2.05, 4.69) is 42.2 Å². The smallest absolute Gasteiger partial charge is 0.274 e. The van der Waals surface area contributed by atoms with Crippen LogP contribution in [-0.4, -0.2) is 56.7 Å². The molecule has 7 nitrogen and oxygen atoms in total. The highest BCUT2D eigenvalue weighted by atomic mass is 32.1. The highest BCUT2D eigenvalue weighted by Gasteiger charge is 2.23. The number of benzene rings is 1. The third-order valence-electron chi connectivity index (χ3n) is 6.01. The van der Waals surface area contributed by atoms with E-state index in [0.29, 0.717) is 12.2 Å². The molecule has 3 heterocycles. The van der Waals surface area contributed by atoms with Gasteiger partial charge in [-0.1, -0.05) is 32.9 Å². The molecule has 2 aromatic heterocycles. The summed E-state index contributed by atoms with van der Waals surface area (Å²) in [5, 5.41) is 7.81. The first-order valence-electron chi connectivity index (χ1n) is 11.9. The summed E-state index contributed by atoms with van der Waals surface area (Å²) in [6.07, 6.45) is 2.75. The summed E-state index contributed by atoms with van der Waals surface area (Å²) in [4.78, 5) is 22.2. The fourth-order valence-electron chi connectivity index (χ4n) is 3.99. The van der Waals surface area contributed by atoms with Gasteiger partial charge in [0.05, 0.1) is 10.7 Å². The lowest BCUT2D eigenvalue weighted by Crippen LogP contribution is -2.35. The highest BCUT2D eigenvalue weighted by molar-refractivity contribution is 7.09. The Balaban J connectivity index is 1.31. The van der Waals surface area contributed by atoms with Crippen LogP contribution < -0.4 is 4.74 Å². The zero-order valence-electron chi connectivity index (χ0n) is 20.9. The SMILES string of the molecule is Cc1ccc(C)c(OCn2ccc(C(=O)N3CCCN(Cc4csc(C(C)(C)C)n4)CC3)n2)c1. The Hall–Kier alpha value is -2.71. The van der Waals surface area contributed by atoms with Crippen molar-refractivity contribution in [1.29, 1.82) is 0 Å². The van der Waals surface area contributed by atoms with Gasteiger partial charge in [0, 0.05) is 49.7 Å². The molecule has 0 atom stereocenters. The zero-order valence-corrected chi connectivity index (χ0v) is 21.7. The van der Waals surface area contributed by atoms with Crippen LogP contribution in [0.15, 0.2) is 35.8 Å². The fraction of sp³-hybridized carbons (Fsp3) is 0.500. The molecule has 182 valence electrons. The number of nitrogens with zero attached hydrogens (tertiary/aromatic N) is 5. The molecule has 0 bridgehead atoms. The maximum absolute atomic E-state index is 13.1. The molecular weight excluding hydrogens is 446 g/mol. The van der Waals surface area contributed by atoms with Gasteiger partial charge >= 0.3 is 0 Å². The second-order valence-electron chi connectivity index (χ2n) is 10.1. The largest absolute Gasteiger partial charge is 0.471 e. The van der Waals surface area contributed by atoms with Gasteiger partial charge in [-0.05, 0) is 43.5 Å². The lowest BCUT2D eigenvalue weighted by molar-refractivity contribution is 0.0753. The number of thiazole rings is 1. The molecule has 0 saturated carbocycles. The predicted octanol–water partition coefficient (Wildman–Crippen LogP) is 4.64. The van der Waals surface area contributed by atoms with Crippen LogP contribution in [0.3, 0.4) is 0 Å². The van der Waals surface area contributed by atoms with Gasteiger partial charge in [-0.15, -0.1) is 11.3 Å².